The standard InChI is InChI=1S/C16H26N2O2/c1-12-14(19)18(11-13-7-3-4-8-13)16(15(20)17-12)9-5-2-6-10-16/h12-13H,2-11H2,1H3,(H,17,20). The Balaban J connectivity index is 1.85. The van der Waals surface area contributed by atoms with Crippen LogP contribution < -0.4 is 5.32 Å². The number of amides is 2. The monoisotopic (exact) mass is 278 g/mol. The first-order valence-corrected chi connectivity index (χ1v) is 8.26. The first-order chi connectivity index (χ1) is 9.63. The predicted molar refractivity (Wildman–Crippen MR) is 77.1 cm³/mol. The lowest BCUT2D eigenvalue weighted by molar-refractivity contribution is -0.160. The maximum Gasteiger partial charge on any atom is 0.246 e. The molecule has 2 amide bonds. The molecule has 1 atom stereocenters. The molecule has 1 aliphatic heterocycles. The second-order valence-corrected chi connectivity index (χ2v) is 6.89. The highest BCUT2D eigenvalue weighted by Crippen LogP contribution is 2.38. The lowest BCUT2D eigenvalue weighted by atomic mass is 9.77. The second kappa shape index (κ2) is 5.38. The van der Waals surface area contributed by atoms with E-state index in [1.165, 1.54) is 32.1 Å². The van der Waals surface area contributed by atoms with Crippen molar-refractivity contribution in [2.24, 2.45) is 5.92 Å². The molecular formula is C16H26N2O2. The number of piperazine rings is 1. The van der Waals surface area contributed by atoms with E-state index in [0.717, 1.165) is 32.2 Å². The minimum atomic E-state index is -0.523. The van der Waals surface area contributed by atoms with Crippen molar-refractivity contribution in [2.75, 3.05) is 6.54 Å². The van der Waals surface area contributed by atoms with Crippen LogP contribution in [-0.4, -0.2) is 34.8 Å². The van der Waals surface area contributed by atoms with E-state index in [0.29, 0.717) is 5.92 Å². The van der Waals surface area contributed by atoms with E-state index in [1.807, 2.05) is 11.8 Å². The van der Waals surface area contributed by atoms with Crippen molar-refractivity contribution in [2.45, 2.75) is 76.3 Å². The lowest BCUT2D eigenvalue weighted by Crippen LogP contribution is -2.71. The summed E-state index contributed by atoms with van der Waals surface area (Å²) in [6.07, 6.45) is 10.0. The van der Waals surface area contributed by atoms with E-state index in [-0.39, 0.29) is 17.9 Å². The Bertz CT molecular complexity index is 395. The average molecular weight is 278 g/mol. The number of hydrogen-bond donors (Lipinski definition) is 1. The van der Waals surface area contributed by atoms with Crippen LogP contribution in [0.15, 0.2) is 0 Å². The summed E-state index contributed by atoms with van der Waals surface area (Å²) in [6.45, 7) is 2.62. The fraction of sp³-hybridized carbons (Fsp3) is 0.875. The van der Waals surface area contributed by atoms with E-state index in [2.05, 4.69) is 5.32 Å². The van der Waals surface area contributed by atoms with Crippen molar-refractivity contribution >= 4 is 11.8 Å². The summed E-state index contributed by atoms with van der Waals surface area (Å²) < 4.78 is 0. The van der Waals surface area contributed by atoms with Gasteiger partial charge in [-0.1, -0.05) is 32.1 Å². The Labute approximate surface area is 121 Å². The summed E-state index contributed by atoms with van der Waals surface area (Å²) in [6, 6.07) is -0.351. The summed E-state index contributed by atoms with van der Waals surface area (Å²) in [4.78, 5) is 27.2. The third-order valence-electron chi connectivity index (χ3n) is 5.52. The zero-order valence-corrected chi connectivity index (χ0v) is 12.5. The second-order valence-electron chi connectivity index (χ2n) is 6.89. The molecule has 0 bridgehead atoms. The van der Waals surface area contributed by atoms with Crippen LogP contribution in [0.25, 0.3) is 0 Å². The molecule has 3 fully saturated rings. The van der Waals surface area contributed by atoms with Gasteiger partial charge in [0.2, 0.25) is 11.8 Å². The van der Waals surface area contributed by atoms with Crippen molar-refractivity contribution in [3.05, 3.63) is 0 Å². The molecule has 4 nitrogen and oxygen atoms in total. The van der Waals surface area contributed by atoms with Crippen molar-refractivity contribution in [1.29, 1.82) is 0 Å². The molecule has 3 aliphatic rings. The fourth-order valence-corrected chi connectivity index (χ4v) is 4.31. The van der Waals surface area contributed by atoms with Gasteiger partial charge in [0.25, 0.3) is 0 Å². The molecule has 1 unspecified atom stereocenters. The Hall–Kier alpha value is -1.06. The summed E-state index contributed by atoms with van der Waals surface area (Å²) in [5.74, 6) is 0.844. The average Bonchev–Trinajstić information content (AvgIpc) is 2.96. The van der Waals surface area contributed by atoms with Gasteiger partial charge >= 0.3 is 0 Å². The van der Waals surface area contributed by atoms with Gasteiger partial charge in [0.15, 0.2) is 0 Å². The molecule has 3 rings (SSSR count). The van der Waals surface area contributed by atoms with E-state index >= 15 is 0 Å². The third kappa shape index (κ3) is 2.23. The Morgan fingerprint density at radius 1 is 1.10 bits per heavy atom. The van der Waals surface area contributed by atoms with Crippen molar-refractivity contribution < 1.29 is 9.59 Å². The quantitative estimate of drug-likeness (QED) is 0.842. The fourth-order valence-electron chi connectivity index (χ4n) is 4.31. The van der Waals surface area contributed by atoms with Gasteiger partial charge < -0.3 is 10.2 Å². The Morgan fingerprint density at radius 3 is 2.40 bits per heavy atom. The molecule has 0 aromatic rings. The van der Waals surface area contributed by atoms with Crippen molar-refractivity contribution in [3.8, 4) is 0 Å². The molecule has 1 heterocycles. The highest BCUT2D eigenvalue weighted by molar-refractivity contribution is 5.99. The van der Waals surface area contributed by atoms with E-state index in [1.54, 1.807) is 0 Å². The minimum Gasteiger partial charge on any atom is -0.343 e. The minimum absolute atomic E-state index is 0.0993. The molecule has 0 aromatic carbocycles. The number of nitrogens with one attached hydrogen (secondary N) is 1. The van der Waals surface area contributed by atoms with E-state index < -0.39 is 5.54 Å². The van der Waals surface area contributed by atoms with Crippen molar-refractivity contribution in [1.82, 2.24) is 10.2 Å². The number of nitrogens with zero attached hydrogens (tertiary/aromatic N) is 1. The van der Waals surface area contributed by atoms with Crippen LogP contribution in [0.4, 0.5) is 0 Å². The molecule has 20 heavy (non-hydrogen) atoms. The van der Waals surface area contributed by atoms with Gasteiger partial charge in [-0.25, -0.2) is 0 Å². The van der Waals surface area contributed by atoms with Gasteiger partial charge in [-0.05, 0) is 38.5 Å². The number of carbonyl (C=O) groups excluding carboxylic acids is 2. The first kappa shape index (κ1) is 13.9. The molecule has 1 spiro atoms. The molecule has 2 saturated carbocycles. The largest absolute Gasteiger partial charge is 0.343 e. The van der Waals surface area contributed by atoms with E-state index in [9.17, 15) is 9.59 Å². The lowest BCUT2D eigenvalue weighted by Gasteiger charge is -2.50. The van der Waals surface area contributed by atoms with E-state index in [4.69, 9.17) is 0 Å². The molecule has 1 N–H and O–H groups in total. The molecule has 2 aliphatic carbocycles. The summed E-state index contributed by atoms with van der Waals surface area (Å²) in [7, 11) is 0. The van der Waals surface area contributed by atoms with Crippen LogP contribution in [0.1, 0.15) is 64.7 Å². The number of carbonyl (C=O) groups is 2. The zero-order chi connectivity index (χ0) is 14.2. The molecule has 0 aromatic heterocycles. The first-order valence-electron chi connectivity index (χ1n) is 8.26. The predicted octanol–water partition coefficient (Wildman–Crippen LogP) is 2.23. The van der Waals surface area contributed by atoms with Crippen LogP contribution in [0.2, 0.25) is 0 Å². The zero-order valence-electron chi connectivity index (χ0n) is 12.5. The maximum absolute atomic E-state index is 12.6. The molecular weight excluding hydrogens is 252 g/mol. The van der Waals surface area contributed by atoms with Crippen LogP contribution in [0, 0.1) is 5.92 Å². The Morgan fingerprint density at radius 2 is 1.75 bits per heavy atom. The van der Waals surface area contributed by atoms with Crippen LogP contribution in [-0.2, 0) is 9.59 Å². The third-order valence-corrected chi connectivity index (χ3v) is 5.52. The smallest absolute Gasteiger partial charge is 0.246 e. The summed E-state index contributed by atoms with van der Waals surface area (Å²) >= 11 is 0. The Kier molecular flexibility index (Phi) is 3.74. The summed E-state index contributed by atoms with van der Waals surface area (Å²) in [5.41, 5.74) is -0.523. The topological polar surface area (TPSA) is 49.4 Å². The molecule has 4 heteroatoms. The molecule has 1 saturated heterocycles. The SMILES string of the molecule is CC1NC(=O)C2(CCCCC2)N(CC2CCCC2)C1=O. The highest BCUT2D eigenvalue weighted by atomic mass is 16.2. The van der Waals surface area contributed by atoms with Crippen LogP contribution in [0.5, 0.6) is 0 Å². The number of hydrogen-bond acceptors (Lipinski definition) is 2. The van der Waals surface area contributed by atoms with Crippen molar-refractivity contribution in [3.63, 3.8) is 0 Å². The van der Waals surface area contributed by atoms with Gasteiger partial charge in [-0.3, -0.25) is 9.59 Å². The highest BCUT2D eigenvalue weighted by Gasteiger charge is 2.52. The van der Waals surface area contributed by atoms with Gasteiger partial charge in [0.05, 0.1) is 0 Å². The maximum atomic E-state index is 12.6. The normalized spacial score (nSPS) is 30.9. The summed E-state index contributed by atoms with van der Waals surface area (Å²) in [5, 5.41) is 2.91. The number of rotatable bonds is 2. The molecule has 112 valence electrons. The van der Waals surface area contributed by atoms with Crippen LogP contribution in [0.3, 0.4) is 0 Å². The van der Waals surface area contributed by atoms with Gasteiger partial charge in [-0.2, -0.15) is 0 Å². The molecule has 0 radical (unpaired) electrons. The van der Waals surface area contributed by atoms with Gasteiger partial charge in [-0.15, -0.1) is 0 Å². The van der Waals surface area contributed by atoms with Crippen LogP contribution >= 0.6 is 0 Å². The van der Waals surface area contributed by atoms with Gasteiger partial charge in [0.1, 0.15) is 11.6 Å². The van der Waals surface area contributed by atoms with Gasteiger partial charge in [0, 0.05) is 6.54 Å².